The predicted octanol–water partition coefficient (Wildman–Crippen LogP) is 4.89. The number of aromatic nitrogens is 1. The molecule has 30 heavy (non-hydrogen) atoms. The SMILES string of the molecule is COc1ccc(-c2cc(C(=O)O)c3ccccc3n2)cc1.NCc1ccc(F)cc1. The van der Waals surface area contributed by atoms with Gasteiger partial charge in [0.1, 0.15) is 11.6 Å². The molecule has 6 heteroatoms. The number of carboxylic acids is 1. The highest BCUT2D eigenvalue weighted by molar-refractivity contribution is 6.03. The Bertz CT molecular complexity index is 1140. The van der Waals surface area contributed by atoms with Crippen molar-refractivity contribution in [3.63, 3.8) is 0 Å². The summed E-state index contributed by atoms with van der Waals surface area (Å²) in [6.45, 7) is 0.472. The Morgan fingerprint density at radius 2 is 1.70 bits per heavy atom. The number of rotatable bonds is 4. The number of halogens is 1. The lowest BCUT2D eigenvalue weighted by Gasteiger charge is -2.07. The average Bonchev–Trinajstić information content (AvgIpc) is 2.79. The van der Waals surface area contributed by atoms with Crippen molar-refractivity contribution in [2.24, 2.45) is 5.73 Å². The van der Waals surface area contributed by atoms with E-state index in [1.54, 1.807) is 31.4 Å². The first-order chi connectivity index (χ1) is 14.5. The van der Waals surface area contributed by atoms with Gasteiger partial charge in [0, 0.05) is 17.5 Å². The van der Waals surface area contributed by atoms with E-state index in [1.165, 1.54) is 12.1 Å². The van der Waals surface area contributed by atoms with E-state index in [2.05, 4.69) is 4.98 Å². The van der Waals surface area contributed by atoms with Crippen LogP contribution in [0.25, 0.3) is 22.2 Å². The van der Waals surface area contributed by atoms with Crippen molar-refractivity contribution in [3.05, 3.63) is 95.8 Å². The molecule has 0 fully saturated rings. The number of para-hydroxylation sites is 1. The number of carboxylic acid groups (broad SMARTS) is 1. The zero-order valence-electron chi connectivity index (χ0n) is 16.4. The normalized spacial score (nSPS) is 10.2. The number of aromatic carboxylic acids is 1. The molecule has 0 atom stereocenters. The van der Waals surface area contributed by atoms with E-state index in [-0.39, 0.29) is 11.4 Å². The molecule has 0 aliphatic rings. The first kappa shape index (κ1) is 21.0. The number of pyridine rings is 1. The molecule has 0 saturated carbocycles. The van der Waals surface area contributed by atoms with Crippen molar-refractivity contribution in [3.8, 4) is 17.0 Å². The standard InChI is InChI=1S/C17H13NO3.C7H8FN/c1-21-12-8-6-11(7-9-12)16-10-14(17(19)20)13-4-2-3-5-15(13)18-16;8-7-3-1-6(5-9)2-4-7/h2-10H,1H3,(H,19,20);1-4H,5,9H2. The summed E-state index contributed by atoms with van der Waals surface area (Å²) in [6, 6.07) is 22.4. The molecule has 4 aromatic rings. The van der Waals surface area contributed by atoms with Crippen LogP contribution in [0.5, 0.6) is 5.75 Å². The maximum Gasteiger partial charge on any atom is 0.336 e. The lowest BCUT2D eigenvalue weighted by Crippen LogP contribution is -2.00. The third kappa shape index (κ3) is 4.98. The maximum atomic E-state index is 12.2. The number of fused-ring (bicyclic) bond motifs is 1. The number of ether oxygens (including phenoxy) is 1. The summed E-state index contributed by atoms with van der Waals surface area (Å²) in [5, 5.41) is 10.0. The van der Waals surface area contributed by atoms with Crippen LogP contribution >= 0.6 is 0 Å². The molecule has 0 saturated heterocycles. The van der Waals surface area contributed by atoms with Gasteiger partial charge in [0.2, 0.25) is 0 Å². The first-order valence-corrected chi connectivity index (χ1v) is 9.24. The van der Waals surface area contributed by atoms with E-state index < -0.39 is 5.97 Å². The van der Waals surface area contributed by atoms with E-state index in [1.807, 2.05) is 42.5 Å². The Hall–Kier alpha value is -3.77. The summed E-state index contributed by atoms with van der Waals surface area (Å²) in [6.07, 6.45) is 0. The lowest BCUT2D eigenvalue weighted by molar-refractivity contribution is 0.0699. The van der Waals surface area contributed by atoms with Gasteiger partial charge in [0.15, 0.2) is 0 Å². The molecule has 5 nitrogen and oxygen atoms in total. The van der Waals surface area contributed by atoms with Gasteiger partial charge in [-0.2, -0.15) is 0 Å². The number of carbonyl (C=O) groups is 1. The number of methoxy groups -OCH3 is 1. The van der Waals surface area contributed by atoms with Crippen LogP contribution in [-0.2, 0) is 6.54 Å². The zero-order valence-corrected chi connectivity index (χ0v) is 16.4. The topological polar surface area (TPSA) is 85.4 Å². The van der Waals surface area contributed by atoms with Gasteiger partial charge in [-0.25, -0.2) is 14.2 Å². The van der Waals surface area contributed by atoms with Crippen LogP contribution < -0.4 is 10.5 Å². The van der Waals surface area contributed by atoms with Crippen molar-refractivity contribution >= 4 is 16.9 Å². The van der Waals surface area contributed by atoms with Crippen LogP contribution in [0.4, 0.5) is 4.39 Å². The van der Waals surface area contributed by atoms with Gasteiger partial charge in [0.05, 0.1) is 23.9 Å². The minimum Gasteiger partial charge on any atom is -0.497 e. The smallest absolute Gasteiger partial charge is 0.336 e. The number of hydrogen-bond acceptors (Lipinski definition) is 4. The molecule has 0 amide bonds. The Balaban J connectivity index is 0.000000239. The minimum atomic E-state index is -0.955. The van der Waals surface area contributed by atoms with E-state index in [0.29, 0.717) is 23.1 Å². The van der Waals surface area contributed by atoms with Gasteiger partial charge in [-0.05, 0) is 54.1 Å². The second kappa shape index (κ2) is 9.62. The highest BCUT2D eigenvalue weighted by Crippen LogP contribution is 2.26. The fourth-order valence-electron chi connectivity index (χ4n) is 2.88. The molecular formula is C24H21FN2O3. The highest BCUT2D eigenvalue weighted by atomic mass is 19.1. The Morgan fingerprint density at radius 3 is 2.30 bits per heavy atom. The summed E-state index contributed by atoms with van der Waals surface area (Å²) in [5.74, 6) is -0.423. The van der Waals surface area contributed by atoms with Crippen LogP contribution in [0.15, 0.2) is 78.9 Å². The van der Waals surface area contributed by atoms with Crippen molar-refractivity contribution in [2.75, 3.05) is 7.11 Å². The van der Waals surface area contributed by atoms with Gasteiger partial charge in [-0.3, -0.25) is 0 Å². The number of benzene rings is 3. The number of nitrogens with two attached hydrogens (primary N) is 1. The zero-order chi connectivity index (χ0) is 21.5. The lowest BCUT2D eigenvalue weighted by atomic mass is 10.0. The van der Waals surface area contributed by atoms with E-state index in [9.17, 15) is 14.3 Å². The molecule has 0 unspecified atom stereocenters. The molecule has 1 aromatic heterocycles. The Morgan fingerprint density at radius 1 is 1.03 bits per heavy atom. The molecule has 0 radical (unpaired) electrons. The molecule has 3 aromatic carbocycles. The summed E-state index contributed by atoms with van der Waals surface area (Å²) >= 11 is 0. The fraction of sp³-hybridized carbons (Fsp3) is 0.0833. The van der Waals surface area contributed by atoms with Crippen molar-refractivity contribution in [2.45, 2.75) is 6.54 Å². The van der Waals surface area contributed by atoms with Crippen LogP contribution in [-0.4, -0.2) is 23.2 Å². The maximum absolute atomic E-state index is 12.2. The summed E-state index contributed by atoms with van der Waals surface area (Å²) in [5.41, 5.74) is 8.64. The number of hydrogen-bond donors (Lipinski definition) is 2. The molecule has 0 bridgehead atoms. The molecule has 4 rings (SSSR count). The average molecular weight is 404 g/mol. The quantitative estimate of drug-likeness (QED) is 0.506. The molecule has 152 valence electrons. The highest BCUT2D eigenvalue weighted by Gasteiger charge is 2.12. The van der Waals surface area contributed by atoms with E-state index in [4.69, 9.17) is 10.5 Å². The second-order valence-electron chi connectivity index (χ2n) is 6.44. The Kier molecular flexibility index (Phi) is 6.72. The van der Waals surface area contributed by atoms with Crippen molar-refractivity contribution in [1.82, 2.24) is 4.98 Å². The summed E-state index contributed by atoms with van der Waals surface area (Å²) in [7, 11) is 1.60. The summed E-state index contributed by atoms with van der Waals surface area (Å²) < 4.78 is 17.3. The van der Waals surface area contributed by atoms with Gasteiger partial charge in [-0.1, -0.05) is 30.3 Å². The van der Waals surface area contributed by atoms with Crippen LogP contribution in [0, 0.1) is 5.82 Å². The molecule has 1 heterocycles. The van der Waals surface area contributed by atoms with Crippen molar-refractivity contribution < 1.29 is 19.0 Å². The van der Waals surface area contributed by atoms with E-state index in [0.717, 1.165) is 16.9 Å². The van der Waals surface area contributed by atoms with Crippen LogP contribution in [0.2, 0.25) is 0 Å². The second-order valence-corrected chi connectivity index (χ2v) is 6.44. The third-order valence-corrected chi connectivity index (χ3v) is 4.48. The number of nitrogens with zero attached hydrogens (tertiary/aromatic N) is 1. The summed E-state index contributed by atoms with van der Waals surface area (Å²) in [4.78, 5) is 16.0. The van der Waals surface area contributed by atoms with Crippen LogP contribution in [0.1, 0.15) is 15.9 Å². The van der Waals surface area contributed by atoms with Gasteiger partial charge < -0.3 is 15.6 Å². The fourth-order valence-corrected chi connectivity index (χ4v) is 2.88. The van der Waals surface area contributed by atoms with Crippen LogP contribution in [0.3, 0.4) is 0 Å². The molecular weight excluding hydrogens is 383 g/mol. The third-order valence-electron chi connectivity index (χ3n) is 4.48. The largest absolute Gasteiger partial charge is 0.497 e. The molecule has 0 spiro atoms. The predicted molar refractivity (Wildman–Crippen MR) is 115 cm³/mol. The van der Waals surface area contributed by atoms with Gasteiger partial charge in [-0.15, -0.1) is 0 Å². The molecule has 3 N–H and O–H groups in total. The van der Waals surface area contributed by atoms with Gasteiger partial charge in [0.25, 0.3) is 0 Å². The molecule has 0 aliphatic heterocycles. The first-order valence-electron chi connectivity index (χ1n) is 9.24. The minimum absolute atomic E-state index is 0.216. The van der Waals surface area contributed by atoms with E-state index >= 15 is 0 Å². The monoisotopic (exact) mass is 404 g/mol. The molecule has 0 aliphatic carbocycles. The van der Waals surface area contributed by atoms with Gasteiger partial charge >= 0.3 is 5.97 Å². The van der Waals surface area contributed by atoms with Crippen molar-refractivity contribution in [1.29, 1.82) is 0 Å². The Labute approximate surface area is 173 Å².